The van der Waals surface area contributed by atoms with Crippen LogP contribution in [0, 0.1) is 13.8 Å². The van der Waals surface area contributed by atoms with Gasteiger partial charge in [-0.2, -0.15) is 0 Å². The van der Waals surface area contributed by atoms with Crippen LogP contribution in [0.5, 0.6) is 0 Å². The summed E-state index contributed by atoms with van der Waals surface area (Å²) in [5.41, 5.74) is 10.8. The second-order valence-corrected chi connectivity index (χ2v) is 3.61. The van der Waals surface area contributed by atoms with Crippen LogP contribution in [0.1, 0.15) is 29.7 Å². The molecule has 1 atom stereocenters. The second kappa shape index (κ2) is 3.75. The van der Waals surface area contributed by atoms with Gasteiger partial charge in [0.05, 0.1) is 6.04 Å². The molecule has 0 saturated heterocycles. The summed E-state index contributed by atoms with van der Waals surface area (Å²) in [7, 11) is 0. The summed E-state index contributed by atoms with van der Waals surface area (Å²) in [5.74, 6) is 0. The van der Waals surface area contributed by atoms with Gasteiger partial charge in [-0.05, 0) is 37.5 Å². The number of nitrogens with two attached hydrogens (primary N) is 1. The fourth-order valence-electron chi connectivity index (χ4n) is 1.38. The molecule has 0 amide bonds. The molecule has 0 bridgehead atoms. The summed E-state index contributed by atoms with van der Waals surface area (Å²) >= 11 is 0. The molecule has 0 spiro atoms. The van der Waals surface area contributed by atoms with Crippen LogP contribution in [-0.2, 0) is 0 Å². The zero-order valence-electron chi connectivity index (χ0n) is 8.59. The Hall–Kier alpha value is -1.08. The van der Waals surface area contributed by atoms with Gasteiger partial charge < -0.3 is 5.73 Å². The van der Waals surface area contributed by atoms with Gasteiger partial charge in [0.1, 0.15) is 0 Å². The van der Waals surface area contributed by atoms with Crippen molar-refractivity contribution in [2.24, 2.45) is 5.73 Å². The quantitative estimate of drug-likeness (QED) is 0.687. The van der Waals surface area contributed by atoms with Gasteiger partial charge in [-0.15, -0.1) is 0 Å². The van der Waals surface area contributed by atoms with E-state index in [1.54, 1.807) is 0 Å². The van der Waals surface area contributed by atoms with E-state index in [0.29, 0.717) is 0 Å². The van der Waals surface area contributed by atoms with E-state index in [2.05, 4.69) is 32.6 Å². The zero-order valence-corrected chi connectivity index (χ0v) is 8.59. The molecule has 1 nitrogen and oxygen atoms in total. The first-order valence-corrected chi connectivity index (χ1v) is 4.51. The van der Waals surface area contributed by atoms with E-state index in [4.69, 9.17) is 5.73 Å². The maximum atomic E-state index is 6.01. The fraction of sp³-hybridized carbons (Fsp3) is 0.333. The zero-order chi connectivity index (χ0) is 10.0. The van der Waals surface area contributed by atoms with Gasteiger partial charge in [0.2, 0.25) is 0 Å². The second-order valence-electron chi connectivity index (χ2n) is 3.61. The van der Waals surface area contributed by atoms with Crippen LogP contribution in [0.2, 0.25) is 0 Å². The Bertz CT molecular complexity index is 326. The highest BCUT2D eigenvalue weighted by Crippen LogP contribution is 2.22. The van der Waals surface area contributed by atoms with E-state index in [9.17, 15) is 0 Å². The maximum absolute atomic E-state index is 6.01. The highest BCUT2D eigenvalue weighted by atomic mass is 14.6. The van der Waals surface area contributed by atoms with Crippen LogP contribution in [0.4, 0.5) is 0 Å². The Kier molecular flexibility index (Phi) is 2.89. The molecule has 0 heterocycles. The summed E-state index contributed by atoms with van der Waals surface area (Å²) in [4.78, 5) is 0. The van der Waals surface area contributed by atoms with E-state index in [1.165, 1.54) is 16.7 Å². The molecule has 0 aliphatic rings. The summed E-state index contributed by atoms with van der Waals surface area (Å²) in [6.07, 6.45) is 0. The van der Waals surface area contributed by atoms with Gasteiger partial charge in [-0.3, -0.25) is 0 Å². The third-order valence-electron chi connectivity index (χ3n) is 2.51. The number of aryl methyl sites for hydroxylation is 1. The molecular weight excluding hydrogens is 158 g/mol. The molecule has 13 heavy (non-hydrogen) atoms. The van der Waals surface area contributed by atoms with E-state index in [-0.39, 0.29) is 6.04 Å². The molecule has 0 aliphatic carbocycles. The lowest BCUT2D eigenvalue weighted by Gasteiger charge is -2.15. The fourth-order valence-corrected chi connectivity index (χ4v) is 1.38. The highest BCUT2D eigenvalue weighted by Gasteiger charge is 2.09. The van der Waals surface area contributed by atoms with E-state index < -0.39 is 0 Å². The largest absolute Gasteiger partial charge is 0.321 e. The topological polar surface area (TPSA) is 26.0 Å². The van der Waals surface area contributed by atoms with E-state index in [1.807, 2.05) is 13.0 Å². The number of benzene rings is 1. The number of hydrogen-bond donors (Lipinski definition) is 1. The van der Waals surface area contributed by atoms with Crippen molar-refractivity contribution in [3.05, 3.63) is 47.0 Å². The highest BCUT2D eigenvalue weighted by molar-refractivity contribution is 5.38. The third-order valence-corrected chi connectivity index (χ3v) is 2.51. The van der Waals surface area contributed by atoms with Crippen LogP contribution in [0.15, 0.2) is 30.4 Å². The number of hydrogen-bond acceptors (Lipinski definition) is 1. The molecular formula is C12H17N. The van der Waals surface area contributed by atoms with Crippen LogP contribution >= 0.6 is 0 Å². The van der Waals surface area contributed by atoms with Crippen LogP contribution in [0.3, 0.4) is 0 Å². The lowest BCUT2D eigenvalue weighted by Crippen LogP contribution is -2.12. The van der Waals surface area contributed by atoms with Gasteiger partial charge in [0.25, 0.3) is 0 Å². The molecule has 1 heteroatoms. The van der Waals surface area contributed by atoms with Crippen molar-refractivity contribution in [2.75, 3.05) is 0 Å². The Labute approximate surface area is 80.3 Å². The molecule has 0 saturated carbocycles. The summed E-state index contributed by atoms with van der Waals surface area (Å²) < 4.78 is 0. The minimum absolute atomic E-state index is 0.0279. The van der Waals surface area contributed by atoms with Crippen molar-refractivity contribution in [3.8, 4) is 0 Å². The average molecular weight is 175 g/mol. The molecule has 1 rings (SSSR count). The van der Waals surface area contributed by atoms with Crippen molar-refractivity contribution in [2.45, 2.75) is 26.8 Å². The molecule has 2 N–H and O–H groups in total. The normalized spacial score (nSPS) is 12.6. The summed E-state index contributed by atoms with van der Waals surface area (Å²) in [5, 5.41) is 0. The van der Waals surface area contributed by atoms with Gasteiger partial charge in [-0.25, -0.2) is 0 Å². The number of rotatable bonds is 2. The smallest absolute Gasteiger partial charge is 0.0508 e. The van der Waals surface area contributed by atoms with Crippen molar-refractivity contribution >= 4 is 0 Å². The Morgan fingerprint density at radius 2 is 2.00 bits per heavy atom. The molecule has 1 unspecified atom stereocenters. The first kappa shape index (κ1) is 10.0. The SMILES string of the molecule is C=C(C)C(N)c1cccc(C)c1C. The van der Waals surface area contributed by atoms with Gasteiger partial charge in [0, 0.05) is 0 Å². The summed E-state index contributed by atoms with van der Waals surface area (Å²) in [6, 6.07) is 6.19. The molecule has 0 aromatic heterocycles. The molecule has 1 aromatic carbocycles. The van der Waals surface area contributed by atoms with Crippen molar-refractivity contribution in [3.63, 3.8) is 0 Å². The van der Waals surface area contributed by atoms with Crippen molar-refractivity contribution in [1.29, 1.82) is 0 Å². The first-order valence-electron chi connectivity index (χ1n) is 4.51. The molecule has 1 aromatic rings. The van der Waals surface area contributed by atoms with Crippen molar-refractivity contribution < 1.29 is 0 Å². The Morgan fingerprint density at radius 1 is 1.38 bits per heavy atom. The maximum Gasteiger partial charge on any atom is 0.0508 e. The average Bonchev–Trinajstić information content (AvgIpc) is 2.08. The monoisotopic (exact) mass is 175 g/mol. The van der Waals surface area contributed by atoms with Gasteiger partial charge >= 0.3 is 0 Å². The summed E-state index contributed by atoms with van der Waals surface area (Å²) in [6.45, 7) is 10.0. The van der Waals surface area contributed by atoms with Crippen LogP contribution < -0.4 is 5.73 Å². The Balaban J connectivity index is 3.15. The predicted molar refractivity (Wildman–Crippen MR) is 57.7 cm³/mol. The van der Waals surface area contributed by atoms with Crippen molar-refractivity contribution in [1.82, 2.24) is 0 Å². The van der Waals surface area contributed by atoms with Gasteiger partial charge in [0.15, 0.2) is 0 Å². The minimum atomic E-state index is -0.0279. The predicted octanol–water partition coefficient (Wildman–Crippen LogP) is 2.88. The molecule has 0 radical (unpaired) electrons. The molecule has 70 valence electrons. The van der Waals surface area contributed by atoms with Gasteiger partial charge in [-0.1, -0.05) is 30.4 Å². The lowest BCUT2D eigenvalue weighted by molar-refractivity contribution is 0.839. The van der Waals surface area contributed by atoms with Crippen LogP contribution in [-0.4, -0.2) is 0 Å². The minimum Gasteiger partial charge on any atom is -0.321 e. The molecule has 0 aliphatic heterocycles. The standard InChI is InChI=1S/C12H17N/c1-8(2)12(13)11-7-5-6-9(3)10(11)4/h5-7,12H,1,13H2,2-4H3. The lowest BCUT2D eigenvalue weighted by atomic mass is 9.95. The Morgan fingerprint density at radius 3 is 2.54 bits per heavy atom. The molecule has 0 fully saturated rings. The third kappa shape index (κ3) is 1.99. The van der Waals surface area contributed by atoms with E-state index in [0.717, 1.165) is 5.57 Å². The van der Waals surface area contributed by atoms with Crippen LogP contribution in [0.25, 0.3) is 0 Å². The first-order chi connectivity index (χ1) is 6.04. The van der Waals surface area contributed by atoms with E-state index >= 15 is 0 Å².